The quantitative estimate of drug-likeness (QED) is 0.847. The molecule has 0 saturated carbocycles. The second-order valence-corrected chi connectivity index (χ2v) is 5.10. The summed E-state index contributed by atoms with van der Waals surface area (Å²) in [6.45, 7) is 6.87. The van der Waals surface area contributed by atoms with Crippen LogP contribution in [0.4, 0.5) is 0 Å². The van der Waals surface area contributed by atoms with Crippen LogP contribution in [0, 0.1) is 5.92 Å². The molecule has 0 radical (unpaired) electrons. The Balaban J connectivity index is 0.00000200. The van der Waals surface area contributed by atoms with Gasteiger partial charge in [-0.3, -0.25) is 4.79 Å². The van der Waals surface area contributed by atoms with E-state index in [4.69, 9.17) is 4.74 Å². The zero-order valence-electron chi connectivity index (χ0n) is 12.0. The predicted molar refractivity (Wildman–Crippen MR) is 82.8 cm³/mol. The summed E-state index contributed by atoms with van der Waals surface area (Å²) in [5.41, 5.74) is 0.684. The molecule has 1 fully saturated rings. The molecule has 4 nitrogen and oxygen atoms in total. The third kappa shape index (κ3) is 4.69. The molecule has 0 bridgehead atoms. The molecule has 1 aliphatic rings. The van der Waals surface area contributed by atoms with E-state index in [9.17, 15) is 4.79 Å². The summed E-state index contributed by atoms with van der Waals surface area (Å²) >= 11 is 0. The maximum Gasteiger partial charge on any atom is 0.251 e. The van der Waals surface area contributed by atoms with Crippen LogP contribution in [-0.4, -0.2) is 31.6 Å². The van der Waals surface area contributed by atoms with Crippen molar-refractivity contribution in [1.82, 2.24) is 10.6 Å². The summed E-state index contributed by atoms with van der Waals surface area (Å²) in [6, 6.07) is 7.33. The number of carbonyl (C=O) groups is 1. The highest BCUT2D eigenvalue weighted by Crippen LogP contribution is 2.15. The average molecular weight is 299 g/mol. The fourth-order valence-electron chi connectivity index (χ4n) is 1.83. The van der Waals surface area contributed by atoms with E-state index >= 15 is 0 Å². The van der Waals surface area contributed by atoms with E-state index in [1.807, 2.05) is 31.2 Å². The molecular formula is C15H23ClN2O2. The van der Waals surface area contributed by atoms with Gasteiger partial charge in [-0.05, 0) is 37.6 Å². The van der Waals surface area contributed by atoms with E-state index < -0.39 is 0 Å². The highest BCUT2D eigenvalue weighted by molar-refractivity contribution is 5.94. The Morgan fingerprint density at radius 1 is 1.40 bits per heavy atom. The minimum Gasteiger partial charge on any atom is -0.491 e. The molecule has 1 saturated heterocycles. The van der Waals surface area contributed by atoms with Crippen molar-refractivity contribution in [2.24, 2.45) is 5.92 Å². The van der Waals surface area contributed by atoms with Gasteiger partial charge in [0.25, 0.3) is 5.91 Å². The van der Waals surface area contributed by atoms with Gasteiger partial charge in [-0.25, -0.2) is 0 Å². The number of hydrogen-bond donors (Lipinski definition) is 2. The molecular weight excluding hydrogens is 276 g/mol. The highest BCUT2D eigenvalue weighted by Gasteiger charge is 2.17. The summed E-state index contributed by atoms with van der Waals surface area (Å²) in [5, 5.41) is 6.14. The number of benzene rings is 1. The smallest absolute Gasteiger partial charge is 0.251 e. The van der Waals surface area contributed by atoms with E-state index in [0.717, 1.165) is 31.8 Å². The zero-order valence-corrected chi connectivity index (χ0v) is 12.8. The van der Waals surface area contributed by atoms with Crippen LogP contribution >= 0.6 is 12.4 Å². The molecule has 1 aliphatic heterocycles. The lowest BCUT2D eigenvalue weighted by Gasteiger charge is -2.27. The van der Waals surface area contributed by atoms with Crippen LogP contribution in [0.5, 0.6) is 5.75 Å². The summed E-state index contributed by atoms with van der Waals surface area (Å²) in [6.07, 6.45) is 1.17. The fourth-order valence-corrected chi connectivity index (χ4v) is 1.83. The van der Waals surface area contributed by atoms with Crippen molar-refractivity contribution in [3.63, 3.8) is 0 Å². The SMILES string of the molecule is CCC(C)Oc1ccc(C(=O)NCC2CNC2)cc1.Cl. The number of rotatable bonds is 6. The Labute approximate surface area is 126 Å². The van der Waals surface area contributed by atoms with Crippen LogP contribution in [0.3, 0.4) is 0 Å². The lowest BCUT2D eigenvalue weighted by Crippen LogP contribution is -2.48. The minimum atomic E-state index is -0.0120. The van der Waals surface area contributed by atoms with Crippen LogP contribution < -0.4 is 15.4 Å². The molecule has 1 heterocycles. The molecule has 2 rings (SSSR count). The highest BCUT2D eigenvalue weighted by atomic mass is 35.5. The maximum absolute atomic E-state index is 11.9. The molecule has 112 valence electrons. The largest absolute Gasteiger partial charge is 0.491 e. The Bertz CT molecular complexity index is 418. The molecule has 1 amide bonds. The number of amides is 1. The van der Waals surface area contributed by atoms with Gasteiger partial charge >= 0.3 is 0 Å². The number of halogens is 1. The van der Waals surface area contributed by atoms with Crippen LogP contribution in [0.2, 0.25) is 0 Å². The Hall–Kier alpha value is -1.26. The van der Waals surface area contributed by atoms with E-state index in [1.54, 1.807) is 0 Å². The van der Waals surface area contributed by atoms with Crippen molar-refractivity contribution < 1.29 is 9.53 Å². The van der Waals surface area contributed by atoms with Gasteiger partial charge < -0.3 is 15.4 Å². The van der Waals surface area contributed by atoms with Gasteiger partial charge in [0.2, 0.25) is 0 Å². The monoisotopic (exact) mass is 298 g/mol. The molecule has 0 aliphatic carbocycles. The van der Waals surface area contributed by atoms with Gasteiger partial charge in [-0.15, -0.1) is 12.4 Å². The van der Waals surface area contributed by atoms with Gasteiger partial charge in [0, 0.05) is 31.1 Å². The second-order valence-electron chi connectivity index (χ2n) is 5.10. The van der Waals surface area contributed by atoms with E-state index in [0.29, 0.717) is 11.5 Å². The van der Waals surface area contributed by atoms with Gasteiger partial charge in [-0.2, -0.15) is 0 Å². The Kier molecular flexibility index (Phi) is 6.82. The Morgan fingerprint density at radius 3 is 2.55 bits per heavy atom. The van der Waals surface area contributed by atoms with Crippen LogP contribution in [0.15, 0.2) is 24.3 Å². The van der Waals surface area contributed by atoms with Gasteiger partial charge in [0.05, 0.1) is 6.10 Å². The van der Waals surface area contributed by atoms with Crippen molar-refractivity contribution in [2.75, 3.05) is 19.6 Å². The zero-order chi connectivity index (χ0) is 13.7. The van der Waals surface area contributed by atoms with Gasteiger partial charge in [0.15, 0.2) is 0 Å². The minimum absolute atomic E-state index is 0. The molecule has 0 aromatic heterocycles. The normalized spacial score (nSPS) is 15.7. The lowest BCUT2D eigenvalue weighted by atomic mass is 10.0. The van der Waals surface area contributed by atoms with Crippen molar-refractivity contribution in [3.8, 4) is 5.75 Å². The van der Waals surface area contributed by atoms with E-state index in [1.165, 1.54) is 0 Å². The predicted octanol–water partition coefficient (Wildman–Crippen LogP) is 2.23. The van der Waals surface area contributed by atoms with Gasteiger partial charge in [0.1, 0.15) is 5.75 Å². The molecule has 1 aromatic rings. The molecule has 1 atom stereocenters. The first kappa shape index (κ1) is 16.8. The number of ether oxygens (including phenoxy) is 1. The number of hydrogen-bond acceptors (Lipinski definition) is 3. The summed E-state index contributed by atoms with van der Waals surface area (Å²) in [5.74, 6) is 1.38. The fraction of sp³-hybridized carbons (Fsp3) is 0.533. The molecule has 1 aromatic carbocycles. The van der Waals surface area contributed by atoms with E-state index in [-0.39, 0.29) is 24.4 Å². The lowest BCUT2D eigenvalue weighted by molar-refractivity contribution is 0.0942. The van der Waals surface area contributed by atoms with Crippen molar-refractivity contribution in [3.05, 3.63) is 29.8 Å². The summed E-state index contributed by atoms with van der Waals surface area (Å²) in [4.78, 5) is 11.9. The standard InChI is InChI=1S/C15H22N2O2.ClH/c1-3-11(2)19-14-6-4-13(5-7-14)15(18)17-10-12-8-16-9-12;/h4-7,11-12,16H,3,8-10H2,1-2H3,(H,17,18);1H. The third-order valence-electron chi connectivity index (χ3n) is 3.45. The van der Waals surface area contributed by atoms with Crippen molar-refractivity contribution >= 4 is 18.3 Å². The number of carbonyl (C=O) groups excluding carboxylic acids is 1. The first-order valence-electron chi connectivity index (χ1n) is 6.94. The molecule has 20 heavy (non-hydrogen) atoms. The maximum atomic E-state index is 11.9. The number of nitrogens with one attached hydrogen (secondary N) is 2. The molecule has 1 unspecified atom stereocenters. The average Bonchev–Trinajstić information content (AvgIpc) is 2.37. The van der Waals surface area contributed by atoms with Crippen LogP contribution in [0.1, 0.15) is 30.6 Å². The van der Waals surface area contributed by atoms with Crippen LogP contribution in [0.25, 0.3) is 0 Å². The first-order valence-corrected chi connectivity index (χ1v) is 6.94. The summed E-state index contributed by atoms with van der Waals surface area (Å²) in [7, 11) is 0. The first-order chi connectivity index (χ1) is 9.19. The third-order valence-corrected chi connectivity index (χ3v) is 3.45. The summed E-state index contributed by atoms with van der Waals surface area (Å²) < 4.78 is 5.68. The van der Waals surface area contributed by atoms with Crippen molar-refractivity contribution in [1.29, 1.82) is 0 Å². The van der Waals surface area contributed by atoms with Gasteiger partial charge in [-0.1, -0.05) is 6.92 Å². The van der Waals surface area contributed by atoms with Crippen molar-refractivity contribution in [2.45, 2.75) is 26.4 Å². The topological polar surface area (TPSA) is 50.4 Å². The van der Waals surface area contributed by atoms with Crippen LogP contribution in [-0.2, 0) is 0 Å². The molecule has 0 spiro atoms. The Morgan fingerprint density at radius 2 is 2.05 bits per heavy atom. The second kappa shape index (κ2) is 8.12. The molecule has 5 heteroatoms. The van der Waals surface area contributed by atoms with E-state index in [2.05, 4.69) is 17.6 Å². The molecule has 2 N–H and O–H groups in total.